The second-order valence-electron chi connectivity index (χ2n) is 6.61. The summed E-state index contributed by atoms with van der Waals surface area (Å²) in [6, 6.07) is 19.4. The quantitative estimate of drug-likeness (QED) is 0.338. The molecule has 0 bridgehead atoms. The molecule has 11 heteroatoms. The van der Waals surface area contributed by atoms with E-state index >= 15 is 0 Å². The lowest BCUT2D eigenvalue weighted by atomic mass is 10.2. The topological polar surface area (TPSA) is 130 Å². The normalized spacial score (nSPS) is 10.6. The van der Waals surface area contributed by atoms with Gasteiger partial charge in [-0.15, -0.1) is 10.2 Å². The molecule has 0 aliphatic carbocycles. The largest absolute Gasteiger partial charge is 0.480 e. The van der Waals surface area contributed by atoms with Crippen LogP contribution < -0.4 is 10.1 Å². The average molecular weight is 482 g/mol. The van der Waals surface area contributed by atoms with E-state index in [1.807, 2.05) is 42.5 Å². The van der Waals surface area contributed by atoms with E-state index in [2.05, 4.69) is 25.9 Å². The molecule has 0 fully saturated rings. The summed E-state index contributed by atoms with van der Waals surface area (Å²) in [4.78, 5) is 25.2. The summed E-state index contributed by atoms with van der Waals surface area (Å²) in [6.45, 7) is -0.527. The van der Waals surface area contributed by atoms with Crippen molar-refractivity contribution in [2.45, 2.75) is 9.79 Å². The zero-order chi connectivity index (χ0) is 23.2. The van der Waals surface area contributed by atoms with Crippen molar-refractivity contribution in [1.29, 1.82) is 0 Å². The van der Waals surface area contributed by atoms with Gasteiger partial charge in [0.2, 0.25) is 5.82 Å². The predicted octanol–water partition coefficient (Wildman–Crippen LogP) is 4.39. The fourth-order valence-electron chi connectivity index (χ4n) is 2.89. The van der Waals surface area contributed by atoms with Gasteiger partial charge in [0.1, 0.15) is 5.75 Å². The fraction of sp³-hybridized carbons (Fsp3) is 0.0455. The van der Waals surface area contributed by atoms with Gasteiger partial charge in [-0.3, -0.25) is 4.79 Å². The Hall–Kier alpha value is -3.89. The molecule has 33 heavy (non-hydrogen) atoms. The number of para-hydroxylation sites is 1. The van der Waals surface area contributed by atoms with Crippen molar-refractivity contribution in [3.63, 3.8) is 0 Å². The summed E-state index contributed by atoms with van der Waals surface area (Å²) in [5.41, 5.74) is 1.72. The predicted molar refractivity (Wildman–Crippen MR) is 123 cm³/mol. The molecule has 3 N–H and O–H groups in total. The number of aromatic amines is 1. The number of hydrogen-bond acceptors (Lipinski definition) is 7. The number of ether oxygens (including phenoxy) is 1. The van der Waals surface area contributed by atoms with Crippen molar-refractivity contribution >= 4 is 40.9 Å². The molecule has 0 saturated carbocycles. The highest BCUT2D eigenvalue weighted by Gasteiger charge is 2.15. The standard InChI is InChI=1S/C22H16ClN5O4S/c23-15-11-13(9-10-17(15)32-12-20(29)30)22(31)24-16-6-2-4-8-19(16)33-18-7-3-1-5-14(18)21-25-27-28-26-21/h1-11H,12H2,(H,24,31)(H,29,30)(H,25,26,27,28). The van der Waals surface area contributed by atoms with Crippen molar-refractivity contribution < 1.29 is 19.4 Å². The van der Waals surface area contributed by atoms with E-state index in [1.54, 1.807) is 6.07 Å². The van der Waals surface area contributed by atoms with E-state index in [0.717, 1.165) is 15.4 Å². The molecule has 0 spiro atoms. The molecule has 0 aliphatic rings. The van der Waals surface area contributed by atoms with Gasteiger partial charge in [0.25, 0.3) is 5.91 Å². The molecule has 4 rings (SSSR count). The van der Waals surface area contributed by atoms with Crippen molar-refractivity contribution in [2.24, 2.45) is 0 Å². The third-order valence-electron chi connectivity index (χ3n) is 4.37. The molecule has 0 aliphatic heterocycles. The van der Waals surface area contributed by atoms with Gasteiger partial charge in [0.15, 0.2) is 6.61 Å². The first kappa shape index (κ1) is 22.3. The molecule has 1 amide bonds. The maximum Gasteiger partial charge on any atom is 0.341 e. The molecule has 3 aromatic carbocycles. The summed E-state index contributed by atoms with van der Waals surface area (Å²) < 4.78 is 5.10. The number of aromatic nitrogens is 4. The van der Waals surface area contributed by atoms with Gasteiger partial charge in [-0.2, -0.15) is 5.21 Å². The minimum Gasteiger partial charge on any atom is -0.480 e. The van der Waals surface area contributed by atoms with Gasteiger partial charge >= 0.3 is 5.97 Å². The Morgan fingerprint density at radius 1 is 1.06 bits per heavy atom. The van der Waals surface area contributed by atoms with Crippen molar-refractivity contribution in [2.75, 3.05) is 11.9 Å². The van der Waals surface area contributed by atoms with Crippen molar-refractivity contribution in [3.8, 4) is 17.1 Å². The highest BCUT2D eigenvalue weighted by Crippen LogP contribution is 2.38. The van der Waals surface area contributed by atoms with Gasteiger partial charge in [-0.1, -0.05) is 47.6 Å². The second kappa shape index (κ2) is 10.2. The molecular weight excluding hydrogens is 466 g/mol. The maximum absolute atomic E-state index is 12.9. The number of benzene rings is 3. The number of tetrazole rings is 1. The van der Waals surface area contributed by atoms with E-state index in [4.69, 9.17) is 21.4 Å². The van der Waals surface area contributed by atoms with Crippen LogP contribution in [-0.4, -0.2) is 44.2 Å². The summed E-state index contributed by atoms with van der Waals surface area (Å²) >= 11 is 7.60. The van der Waals surface area contributed by atoms with Gasteiger partial charge in [0.05, 0.1) is 10.7 Å². The molecule has 1 aromatic heterocycles. The first-order chi connectivity index (χ1) is 16.0. The first-order valence-corrected chi connectivity index (χ1v) is 10.8. The summed E-state index contributed by atoms with van der Waals surface area (Å²) in [5.74, 6) is -0.840. The smallest absolute Gasteiger partial charge is 0.341 e. The van der Waals surface area contributed by atoms with E-state index in [0.29, 0.717) is 17.1 Å². The minimum absolute atomic E-state index is 0.139. The third-order valence-corrected chi connectivity index (χ3v) is 5.82. The Bertz CT molecular complexity index is 1300. The van der Waals surface area contributed by atoms with Crippen LogP contribution in [0.5, 0.6) is 5.75 Å². The highest BCUT2D eigenvalue weighted by atomic mass is 35.5. The lowest BCUT2D eigenvalue weighted by Gasteiger charge is -2.13. The number of rotatable bonds is 8. The Labute approximate surface area is 197 Å². The van der Waals surface area contributed by atoms with Crippen LogP contribution in [0.1, 0.15) is 10.4 Å². The molecule has 9 nitrogen and oxygen atoms in total. The van der Waals surface area contributed by atoms with Crippen LogP contribution in [0.3, 0.4) is 0 Å². The van der Waals surface area contributed by atoms with Crippen LogP contribution in [0, 0.1) is 0 Å². The molecular formula is C22H16ClN5O4S. The number of halogens is 1. The zero-order valence-electron chi connectivity index (χ0n) is 16.9. The number of anilines is 1. The van der Waals surface area contributed by atoms with Crippen LogP contribution in [0.25, 0.3) is 11.4 Å². The fourth-order valence-corrected chi connectivity index (χ4v) is 4.15. The molecule has 1 heterocycles. The van der Waals surface area contributed by atoms with E-state index < -0.39 is 12.6 Å². The summed E-state index contributed by atoms with van der Waals surface area (Å²) in [6.07, 6.45) is 0. The summed E-state index contributed by atoms with van der Waals surface area (Å²) in [5, 5.41) is 25.9. The van der Waals surface area contributed by atoms with Gasteiger partial charge < -0.3 is 15.2 Å². The number of aliphatic carboxylic acids is 1. The number of amides is 1. The Morgan fingerprint density at radius 3 is 2.55 bits per heavy atom. The highest BCUT2D eigenvalue weighted by molar-refractivity contribution is 7.99. The van der Waals surface area contributed by atoms with Crippen LogP contribution >= 0.6 is 23.4 Å². The third kappa shape index (κ3) is 5.48. The number of carbonyl (C=O) groups excluding carboxylic acids is 1. The molecule has 0 radical (unpaired) electrons. The lowest BCUT2D eigenvalue weighted by Crippen LogP contribution is -2.13. The monoisotopic (exact) mass is 481 g/mol. The number of nitrogens with one attached hydrogen (secondary N) is 2. The molecule has 0 unspecified atom stereocenters. The van der Waals surface area contributed by atoms with Crippen LogP contribution in [0.15, 0.2) is 76.5 Å². The first-order valence-electron chi connectivity index (χ1n) is 9.56. The van der Waals surface area contributed by atoms with Crippen molar-refractivity contribution in [1.82, 2.24) is 20.6 Å². The number of carboxylic acids is 1. The minimum atomic E-state index is -1.12. The molecule has 0 atom stereocenters. The molecule has 166 valence electrons. The zero-order valence-corrected chi connectivity index (χ0v) is 18.4. The SMILES string of the molecule is O=C(O)COc1ccc(C(=O)Nc2ccccc2Sc2ccccc2-c2nn[nH]n2)cc1Cl. The number of nitrogens with zero attached hydrogens (tertiary/aromatic N) is 3. The van der Waals surface area contributed by atoms with E-state index in [-0.39, 0.29) is 16.7 Å². The number of H-pyrrole nitrogens is 1. The number of carbonyl (C=O) groups is 2. The number of carboxylic acid groups (broad SMARTS) is 1. The van der Waals surface area contributed by atoms with Crippen molar-refractivity contribution in [3.05, 3.63) is 77.3 Å². The van der Waals surface area contributed by atoms with E-state index in [1.165, 1.54) is 30.0 Å². The Kier molecular flexibility index (Phi) is 6.86. The molecule has 0 saturated heterocycles. The maximum atomic E-state index is 12.9. The molecule has 4 aromatic rings. The number of hydrogen-bond donors (Lipinski definition) is 3. The van der Waals surface area contributed by atoms with Gasteiger partial charge in [-0.25, -0.2) is 4.79 Å². The van der Waals surface area contributed by atoms with Crippen LogP contribution in [0.4, 0.5) is 5.69 Å². The average Bonchev–Trinajstić information content (AvgIpc) is 3.34. The van der Waals surface area contributed by atoms with Gasteiger partial charge in [0, 0.05) is 20.9 Å². The Balaban J connectivity index is 1.54. The summed E-state index contributed by atoms with van der Waals surface area (Å²) in [7, 11) is 0. The van der Waals surface area contributed by atoms with Crippen LogP contribution in [-0.2, 0) is 4.79 Å². The van der Waals surface area contributed by atoms with Crippen LogP contribution in [0.2, 0.25) is 5.02 Å². The Morgan fingerprint density at radius 2 is 1.82 bits per heavy atom. The lowest BCUT2D eigenvalue weighted by molar-refractivity contribution is -0.139. The van der Waals surface area contributed by atoms with E-state index in [9.17, 15) is 9.59 Å². The second-order valence-corrected chi connectivity index (χ2v) is 8.10. The van der Waals surface area contributed by atoms with Gasteiger partial charge in [-0.05, 0) is 47.7 Å².